The molecule has 0 bridgehead atoms. The molecule has 0 amide bonds. The van der Waals surface area contributed by atoms with Crippen LogP contribution >= 0.6 is 0 Å². The van der Waals surface area contributed by atoms with Crippen LogP contribution in [-0.2, 0) is 12.0 Å². The predicted molar refractivity (Wildman–Crippen MR) is 63.1 cm³/mol. The molecule has 1 aromatic heterocycles. The molecule has 0 radical (unpaired) electrons. The average Bonchev–Trinajstić information content (AvgIpc) is 2.79. The smallest absolute Gasteiger partial charge is 0.0948 e. The fourth-order valence-corrected chi connectivity index (χ4v) is 2.73. The molecule has 1 heterocycles. The van der Waals surface area contributed by atoms with Crippen LogP contribution in [-0.4, -0.2) is 27.3 Å². The third kappa shape index (κ3) is 1.87. The van der Waals surface area contributed by atoms with Gasteiger partial charge in [-0.25, -0.2) is 4.98 Å². The molecule has 1 fully saturated rings. The lowest BCUT2D eigenvalue weighted by Gasteiger charge is -2.38. The Morgan fingerprint density at radius 2 is 2.25 bits per heavy atom. The summed E-state index contributed by atoms with van der Waals surface area (Å²) in [5, 5.41) is 9.60. The van der Waals surface area contributed by atoms with Gasteiger partial charge in [-0.1, -0.05) is 0 Å². The summed E-state index contributed by atoms with van der Waals surface area (Å²) in [4.78, 5) is 4.23. The minimum atomic E-state index is -0.141. The van der Waals surface area contributed by atoms with Crippen molar-refractivity contribution in [3.63, 3.8) is 0 Å². The molecule has 3 N–H and O–H groups in total. The van der Waals surface area contributed by atoms with Crippen LogP contribution in [0.5, 0.6) is 0 Å². The van der Waals surface area contributed by atoms with Gasteiger partial charge in [0.2, 0.25) is 0 Å². The maximum absolute atomic E-state index is 9.60. The molecule has 0 aromatic carbocycles. The topological polar surface area (TPSA) is 64.1 Å². The normalized spacial score (nSPS) is 30.6. The van der Waals surface area contributed by atoms with E-state index in [0.717, 1.165) is 32.2 Å². The van der Waals surface area contributed by atoms with Crippen molar-refractivity contribution < 1.29 is 5.11 Å². The quantitative estimate of drug-likeness (QED) is 0.804. The van der Waals surface area contributed by atoms with E-state index in [1.165, 1.54) is 5.69 Å². The average molecular weight is 223 g/mol. The number of hydrogen-bond donors (Lipinski definition) is 2. The second-order valence-electron chi connectivity index (χ2n) is 4.78. The summed E-state index contributed by atoms with van der Waals surface area (Å²) in [6, 6.07) is 0. The first kappa shape index (κ1) is 11.6. The lowest BCUT2D eigenvalue weighted by atomic mass is 9.71. The minimum absolute atomic E-state index is 0.0335. The maximum atomic E-state index is 9.60. The van der Waals surface area contributed by atoms with E-state index in [-0.39, 0.29) is 11.5 Å². The van der Waals surface area contributed by atoms with Crippen LogP contribution in [0.15, 0.2) is 12.5 Å². The maximum Gasteiger partial charge on any atom is 0.0948 e. The number of hydrogen-bond acceptors (Lipinski definition) is 3. The van der Waals surface area contributed by atoms with E-state index in [9.17, 15) is 5.11 Å². The molecule has 16 heavy (non-hydrogen) atoms. The van der Waals surface area contributed by atoms with Gasteiger partial charge in [0.15, 0.2) is 0 Å². The number of nitrogens with zero attached hydrogens (tertiary/aromatic N) is 2. The highest BCUT2D eigenvalue weighted by molar-refractivity contribution is 5.17. The summed E-state index contributed by atoms with van der Waals surface area (Å²) in [5.41, 5.74) is 7.25. The van der Waals surface area contributed by atoms with Crippen LogP contribution in [0, 0.1) is 0 Å². The first-order valence-electron chi connectivity index (χ1n) is 6.10. The van der Waals surface area contributed by atoms with E-state index in [2.05, 4.69) is 16.5 Å². The second kappa shape index (κ2) is 4.55. The molecule has 1 saturated carbocycles. The molecular weight excluding hydrogens is 202 g/mol. The number of imidazole rings is 1. The van der Waals surface area contributed by atoms with Crippen LogP contribution in [0.1, 0.15) is 38.3 Å². The van der Waals surface area contributed by atoms with Crippen LogP contribution in [0.4, 0.5) is 0 Å². The van der Waals surface area contributed by atoms with Gasteiger partial charge in [0, 0.05) is 30.4 Å². The summed E-state index contributed by atoms with van der Waals surface area (Å²) < 4.78 is 2.17. The van der Waals surface area contributed by atoms with Crippen molar-refractivity contribution in [1.29, 1.82) is 0 Å². The lowest BCUT2D eigenvalue weighted by molar-refractivity contribution is 0.0950. The van der Waals surface area contributed by atoms with E-state index < -0.39 is 0 Å². The second-order valence-corrected chi connectivity index (χ2v) is 4.78. The fourth-order valence-electron chi connectivity index (χ4n) is 2.73. The number of aromatic nitrogens is 2. The Morgan fingerprint density at radius 1 is 1.56 bits per heavy atom. The van der Waals surface area contributed by atoms with Crippen molar-refractivity contribution in [2.45, 2.75) is 50.7 Å². The van der Waals surface area contributed by atoms with E-state index in [0.29, 0.717) is 6.54 Å². The van der Waals surface area contributed by atoms with E-state index >= 15 is 0 Å². The van der Waals surface area contributed by atoms with Crippen molar-refractivity contribution in [3.8, 4) is 0 Å². The zero-order valence-corrected chi connectivity index (χ0v) is 9.89. The lowest BCUT2D eigenvalue weighted by Crippen LogP contribution is -2.41. The van der Waals surface area contributed by atoms with Crippen LogP contribution in [0.25, 0.3) is 0 Å². The molecule has 0 aliphatic heterocycles. The Hall–Kier alpha value is -0.870. The summed E-state index contributed by atoms with van der Waals surface area (Å²) >= 11 is 0. The Kier molecular flexibility index (Phi) is 3.30. The zero-order valence-electron chi connectivity index (χ0n) is 9.89. The molecule has 0 unspecified atom stereocenters. The van der Waals surface area contributed by atoms with Crippen LogP contribution in [0.3, 0.4) is 0 Å². The van der Waals surface area contributed by atoms with Crippen molar-refractivity contribution in [1.82, 2.24) is 9.55 Å². The highest BCUT2D eigenvalue weighted by Gasteiger charge is 2.37. The minimum Gasteiger partial charge on any atom is -0.393 e. The van der Waals surface area contributed by atoms with Gasteiger partial charge >= 0.3 is 0 Å². The molecular formula is C12H21N3O. The van der Waals surface area contributed by atoms with Gasteiger partial charge in [-0.15, -0.1) is 0 Å². The number of aryl methyl sites for hydroxylation is 1. The molecule has 0 spiro atoms. The molecule has 4 heteroatoms. The van der Waals surface area contributed by atoms with Gasteiger partial charge in [-0.2, -0.15) is 0 Å². The Balaban J connectivity index is 2.27. The van der Waals surface area contributed by atoms with Gasteiger partial charge < -0.3 is 15.4 Å². The molecule has 0 atom stereocenters. The van der Waals surface area contributed by atoms with Crippen molar-refractivity contribution in [3.05, 3.63) is 18.2 Å². The van der Waals surface area contributed by atoms with Gasteiger partial charge in [-0.05, 0) is 32.6 Å². The standard InChI is InChI=1S/C12H21N3O/c1-2-15-9-14-7-11(15)12(8-13)5-3-10(16)4-6-12/h7,9-10,16H,2-6,8,13H2,1H3. The number of aliphatic hydroxyl groups excluding tert-OH is 1. The van der Waals surface area contributed by atoms with Crippen LogP contribution in [0.2, 0.25) is 0 Å². The van der Waals surface area contributed by atoms with Crippen LogP contribution < -0.4 is 5.73 Å². The monoisotopic (exact) mass is 223 g/mol. The first-order valence-corrected chi connectivity index (χ1v) is 6.10. The van der Waals surface area contributed by atoms with Gasteiger partial charge in [0.1, 0.15) is 0 Å². The molecule has 4 nitrogen and oxygen atoms in total. The van der Waals surface area contributed by atoms with E-state index in [1.807, 2.05) is 12.5 Å². The van der Waals surface area contributed by atoms with Gasteiger partial charge in [-0.3, -0.25) is 0 Å². The van der Waals surface area contributed by atoms with E-state index in [1.54, 1.807) is 0 Å². The fraction of sp³-hybridized carbons (Fsp3) is 0.750. The molecule has 1 aliphatic rings. The largest absolute Gasteiger partial charge is 0.393 e. The number of rotatable bonds is 3. The SMILES string of the molecule is CCn1cncc1C1(CN)CCC(O)CC1. The summed E-state index contributed by atoms with van der Waals surface area (Å²) in [6.45, 7) is 3.69. The highest BCUT2D eigenvalue weighted by atomic mass is 16.3. The highest BCUT2D eigenvalue weighted by Crippen LogP contribution is 2.38. The third-order valence-corrected chi connectivity index (χ3v) is 3.90. The predicted octanol–water partition coefficient (Wildman–Crippen LogP) is 1.03. The summed E-state index contributed by atoms with van der Waals surface area (Å²) in [6.07, 6.45) is 7.31. The molecule has 2 rings (SSSR count). The molecule has 0 saturated heterocycles. The first-order chi connectivity index (χ1) is 7.72. The van der Waals surface area contributed by atoms with Crippen molar-refractivity contribution >= 4 is 0 Å². The molecule has 1 aliphatic carbocycles. The molecule has 1 aromatic rings. The number of nitrogens with two attached hydrogens (primary N) is 1. The van der Waals surface area contributed by atoms with Crippen molar-refractivity contribution in [2.24, 2.45) is 5.73 Å². The Bertz CT molecular complexity index is 340. The van der Waals surface area contributed by atoms with Crippen molar-refractivity contribution in [2.75, 3.05) is 6.54 Å². The van der Waals surface area contributed by atoms with Gasteiger partial charge in [0.05, 0.1) is 12.4 Å². The third-order valence-electron chi connectivity index (χ3n) is 3.90. The summed E-state index contributed by atoms with van der Waals surface area (Å²) in [7, 11) is 0. The zero-order chi connectivity index (χ0) is 11.6. The summed E-state index contributed by atoms with van der Waals surface area (Å²) in [5.74, 6) is 0. The number of aliphatic hydroxyl groups is 1. The Morgan fingerprint density at radius 3 is 2.81 bits per heavy atom. The van der Waals surface area contributed by atoms with Gasteiger partial charge in [0.25, 0.3) is 0 Å². The van der Waals surface area contributed by atoms with E-state index in [4.69, 9.17) is 5.73 Å². The Labute approximate surface area is 96.5 Å². The molecule has 90 valence electrons.